The van der Waals surface area contributed by atoms with Crippen LogP contribution in [-0.4, -0.2) is 15.6 Å². The monoisotopic (exact) mass is 377 g/mol. The Kier molecular flexibility index (Phi) is 3.91. The Labute approximate surface area is 167 Å². The number of carbonyl (C=O) groups is 1. The smallest absolute Gasteiger partial charge is 0.196 e. The molecular formula is C25H17N2O2-. The van der Waals surface area contributed by atoms with Gasteiger partial charge >= 0.3 is 0 Å². The summed E-state index contributed by atoms with van der Waals surface area (Å²) in [5.74, 6) is -0.688. The Morgan fingerprint density at radius 3 is 2.34 bits per heavy atom. The van der Waals surface area contributed by atoms with Crippen molar-refractivity contribution in [3.63, 3.8) is 0 Å². The van der Waals surface area contributed by atoms with Gasteiger partial charge in [0.25, 0.3) is 0 Å². The van der Waals surface area contributed by atoms with Gasteiger partial charge in [-0.15, -0.1) is 0 Å². The minimum atomic E-state index is -0.393. The van der Waals surface area contributed by atoms with E-state index in [0.29, 0.717) is 16.9 Å². The molecule has 1 aromatic heterocycles. The van der Waals surface area contributed by atoms with Crippen LogP contribution in [0.15, 0.2) is 84.9 Å². The van der Waals surface area contributed by atoms with Gasteiger partial charge in [0.15, 0.2) is 5.78 Å². The summed E-state index contributed by atoms with van der Waals surface area (Å²) in [6, 6.07) is 26.9. The van der Waals surface area contributed by atoms with Crippen molar-refractivity contribution >= 4 is 27.3 Å². The van der Waals surface area contributed by atoms with Crippen LogP contribution in [0.25, 0.3) is 27.2 Å². The summed E-state index contributed by atoms with van der Waals surface area (Å²) >= 11 is 0. The van der Waals surface area contributed by atoms with E-state index in [2.05, 4.69) is 5.10 Å². The number of aromatic nitrogens is 2. The zero-order valence-corrected chi connectivity index (χ0v) is 15.8. The average Bonchev–Trinajstić information content (AvgIpc) is 3.06. The standard InChI is InChI=1S/C25H18N2O2/c1-16-23(24(28)22-12-6-10-18-8-4-5-11-21(18)22)25(29)27(26-16)20-14-13-17-7-2-3-9-19(17)15-20/h2-15,29H,1H3/p-1. The molecule has 29 heavy (non-hydrogen) atoms. The number of hydrogen-bond donors (Lipinski definition) is 0. The number of rotatable bonds is 3. The van der Waals surface area contributed by atoms with Crippen LogP contribution in [0.2, 0.25) is 0 Å². The number of aryl methyl sites for hydroxylation is 1. The maximum absolute atomic E-state index is 13.3. The minimum Gasteiger partial charge on any atom is -0.858 e. The number of carbonyl (C=O) groups excluding carboxylic acids is 1. The van der Waals surface area contributed by atoms with Crippen LogP contribution in [0.1, 0.15) is 21.6 Å². The number of nitrogens with zero attached hydrogens (tertiary/aromatic N) is 2. The summed E-state index contributed by atoms with van der Waals surface area (Å²) in [5, 5.41) is 21.4. The molecule has 4 aromatic carbocycles. The Morgan fingerprint density at radius 2 is 1.52 bits per heavy atom. The fraction of sp³-hybridized carbons (Fsp3) is 0.0400. The van der Waals surface area contributed by atoms with Gasteiger partial charge in [0, 0.05) is 11.4 Å². The second kappa shape index (κ2) is 6.60. The predicted octanol–water partition coefficient (Wildman–Crippen LogP) is 4.79. The van der Waals surface area contributed by atoms with Crippen molar-refractivity contribution in [2.75, 3.05) is 0 Å². The zero-order valence-electron chi connectivity index (χ0n) is 15.8. The van der Waals surface area contributed by atoms with Gasteiger partial charge in [0.2, 0.25) is 0 Å². The largest absolute Gasteiger partial charge is 0.858 e. The molecule has 0 spiro atoms. The lowest BCUT2D eigenvalue weighted by Crippen LogP contribution is -2.09. The van der Waals surface area contributed by atoms with Gasteiger partial charge in [0.05, 0.1) is 16.9 Å². The first-order valence-corrected chi connectivity index (χ1v) is 9.42. The highest BCUT2D eigenvalue weighted by molar-refractivity contribution is 6.17. The van der Waals surface area contributed by atoms with E-state index >= 15 is 0 Å². The van der Waals surface area contributed by atoms with Crippen molar-refractivity contribution in [2.24, 2.45) is 0 Å². The van der Waals surface area contributed by atoms with Crippen molar-refractivity contribution in [2.45, 2.75) is 6.92 Å². The third-order valence-corrected chi connectivity index (χ3v) is 5.26. The molecule has 0 N–H and O–H groups in total. The fourth-order valence-corrected chi connectivity index (χ4v) is 3.81. The van der Waals surface area contributed by atoms with Crippen molar-refractivity contribution in [3.05, 3.63) is 102 Å². The molecule has 0 atom stereocenters. The number of benzene rings is 4. The van der Waals surface area contributed by atoms with E-state index in [4.69, 9.17) is 0 Å². The summed E-state index contributed by atoms with van der Waals surface area (Å²) in [7, 11) is 0. The molecule has 1 heterocycles. The third-order valence-electron chi connectivity index (χ3n) is 5.26. The van der Waals surface area contributed by atoms with Crippen LogP contribution in [0.5, 0.6) is 5.88 Å². The number of ketones is 1. The molecule has 0 aliphatic rings. The predicted molar refractivity (Wildman–Crippen MR) is 113 cm³/mol. The summed E-state index contributed by atoms with van der Waals surface area (Å²) in [5.41, 5.74) is 1.71. The SMILES string of the molecule is Cc1nn(-c2ccc3ccccc3c2)c([O-])c1C(=O)c1cccc2ccccc12. The Bertz CT molecular complexity index is 1390. The van der Waals surface area contributed by atoms with Crippen molar-refractivity contribution < 1.29 is 9.90 Å². The summed E-state index contributed by atoms with van der Waals surface area (Å²) in [6.07, 6.45) is 0. The molecular weight excluding hydrogens is 360 g/mol. The quantitative estimate of drug-likeness (QED) is 0.425. The third kappa shape index (κ3) is 2.77. The molecule has 0 fully saturated rings. The molecule has 140 valence electrons. The zero-order chi connectivity index (χ0) is 20.0. The lowest BCUT2D eigenvalue weighted by atomic mass is 9.97. The first kappa shape index (κ1) is 17.2. The highest BCUT2D eigenvalue weighted by atomic mass is 16.3. The van der Waals surface area contributed by atoms with Crippen LogP contribution < -0.4 is 5.11 Å². The first-order chi connectivity index (χ1) is 14.1. The molecule has 0 saturated carbocycles. The van der Waals surface area contributed by atoms with Crippen LogP contribution >= 0.6 is 0 Å². The molecule has 0 aliphatic heterocycles. The topological polar surface area (TPSA) is 57.9 Å². The van der Waals surface area contributed by atoms with E-state index < -0.39 is 5.88 Å². The highest BCUT2D eigenvalue weighted by Gasteiger charge is 2.20. The molecule has 4 nitrogen and oxygen atoms in total. The molecule has 5 aromatic rings. The van der Waals surface area contributed by atoms with Crippen molar-refractivity contribution in [3.8, 4) is 11.6 Å². The molecule has 0 amide bonds. The minimum absolute atomic E-state index is 0.120. The van der Waals surface area contributed by atoms with E-state index in [1.54, 1.807) is 13.0 Å². The van der Waals surface area contributed by atoms with Gasteiger partial charge in [-0.2, -0.15) is 5.10 Å². The molecule has 0 radical (unpaired) electrons. The van der Waals surface area contributed by atoms with E-state index in [9.17, 15) is 9.90 Å². The number of fused-ring (bicyclic) bond motifs is 2. The van der Waals surface area contributed by atoms with Gasteiger partial charge in [0.1, 0.15) is 0 Å². The van der Waals surface area contributed by atoms with Crippen LogP contribution in [0.4, 0.5) is 0 Å². The molecule has 5 rings (SSSR count). The molecule has 0 bridgehead atoms. The maximum Gasteiger partial charge on any atom is 0.196 e. The molecule has 4 heteroatoms. The molecule has 0 unspecified atom stereocenters. The Hall–Kier alpha value is -3.92. The van der Waals surface area contributed by atoms with Gasteiger partial charge < -0.3 is 5.11 Å². The Balaban J connectivity index is 1.65. The second-order valence-corrected chi connectivity index (χ2v) is 7.06. The number of hydrogen-bond acceptors (Lipinski definition) is 3. The first-order valence-electron chi connectivity index (χ1n) is 9.42. The second-order valence-electron chi connectivity index (χ2n) is 7.06. The van der Waals surface area contributed by atoms with E-state index in [1.165, 1.54) is 4.68 Å². The lowest BCUT2D eigenvalue weighted by Gasteiger charge is -2.14. The van der Waals surface area contributed by atoms with E-state index in [-0.39, 0.29) is 11.3 Å². The van der Waals surface area contributed by atoms with Crippen LogP contribution in [-0.2, 0) is 0 Å². The average molecular weight is 377 g/mol. The van der Waals surface area contributed by atoms with E-state index in [0.717, 1.165) is 21.5 Å². The van der Waals surface area contributed by atoms with Gasteiger partial charge in [-0.1, -0.05) is 72.8 Å². The summed E-state index contributed by atoms with van der Waals surface area (Å²) in [6.45, 7) is 1.71. The van der Waals surface area contributed by atoms with Crippen LogP contribution in [0, 0.1) is 6.92 Å². The van der Waals surface area contributed by atoms with Crippen molar-refractivity contribution in [1.29, 1.82) is 0 Å². The maximum atomic E-state index is 13.3. The highest BCUT2D eigenvalue weighted by Crippen LogP contribution is 2.29. The van der Waals surface area contributed by atoms with Gasteiger partial charge in [-0.05, 0) is 40.6 Å². The molecule has 0 saturated heterocycles. The molecule has 0 aliphatic carbocycles. The normalized spacial score (nSPS) is 11.2. The Morgan fingerprint density at radius 1 is 0.828 bits per heavy atom. The fourth-order valence-electron chi connectivity index (χ4n) is 3.81. The van der Waals surface area contributed by atoms with Gasteiger partial charge in [-0.3, -0.25) is 4.79 Å². The van der Waals surface area contributed by atoms with Crippen molar-refractivity contribution in [1.82, 2.24) is 9.78 Å². The lowest BCUT2D eigenvalue weighted by molar-refractivity contribution is -0.278. The van der Waals surface area contributed by atoms with E-state index in [1.807, 2.05) is 78.9 Å². The van der Waals surface area contributed by atoms with Crippen LogP contribution in [0.3, 0.4) is 0 Å². The summed E-state index contributed by atoms with van der Waals surface area (Å²) in [4.78, 5) is 13.3. The van der Waals surface area contributed by atoms with Gasteiger partial charge in [-0.25, -0.2) is 4.68 Å². The summed E-state index contributed by atoms with van der Waals surface area (Å²) < 4.78 is 1.32.